The number of aromatic hydroxyl groups is 1. The van der Waals surface area contributed by atoms with Gasteiger partial charge >= 0.3 is 5.97 Å². The zero-order valence-corrected chi connectivity index (χ0v) is 13.4. The second kappa shape index (κ2) is 7.01. The van der Waals surface area contributed by atoms with Crippen molar-refractivity contribution in [3.63, 3.8) is 0 Å². The number of aromatic nitrogens is 2. The monoisotopic (exact) mass is 333 g/mol. The normalized spacial score (nSPS) is 10.9. The van der Waals surface area contributed by atoms with Gasteiger partial charge in [0, 0.05) is 13.3 Å². The zero-order valence-electron chi connectivity index (χ0n) is 12.6. The smallest absolute Gasteiger partial charge is 0.340 e. The van der Waals surface area contributed by atoms with Crippen LogP contribution in [0, 0.1) is 4.77 Å². The van der Waals surface area contributed by atoms with E-state index in [4.69, 9.17) is 17.0 Å². The number of benzene rings is 1. The molecular formula is C15H15N3O4S. The number of nitrogens with one attached hydrogen (secondary N) is 1. The van der Waals surface area contributed by atoms with Crippen LogP contribution in [-0.2, 0) is 11.8 Å². The van der Waals surface area contributed by atoms with Crippen molar-refractivity contribution in [3.05, 3.63) is 50.5 Å². The highest BCUT2D eigenvalue weighted by atomic mass is 32.1. The second-order valence-electron chi connectivity index (χ2n) is 4.55. The number of aliphatic imine (C=N–C) groups is 1. The van der Waals surface area contributed by atoms with E-state index in [0.29, 0.717) is 5.69 Å². The number of carbonyl (C=O) groups is 1. The molecular weight excluding hydrogens is 318 g/mol. The molecule has 0 atom stereocenters. The molecule has 0 saturated heterocycles. The van der Waals surface area contributed by atoms with Gasteiger partial charge in [-0.15, -0.1) is 0 Å². The van der Waals surface area contributed by atoms with E-state index < -0.39 is 11.5 Å². The third kappa shape index (κ3) is 3.54. The summed E-state index contributed by atoms with van der Waals surface area (Å²) in [4.78, 5) is 30.3. The molecule has 7 nitrogen and oxygen atoms in total. The highest BCUT2D eigenvalue weighted by Crippen LogP contribution is 2.20. The minimum absolute atomic E-state index is 0.0558. The van der Waals surface area contributed by atoms with E-state index in [1.807, 2.05) is 0 Å². The standard InChI is InChI=1S/C15H15N3O4S/c1-3-22-14(21)9-6-4-5-7-11(9)16-8-10-12(19)17-15(23)18(2)13(10)20/h4-8,20H,3H2,1-2H3,(H,17,19,23). The molecule has 0 spiro atoms. The fraction of sp³-hybridized carbons (Fsp3) is 0.200. The van der Waals surface area contributed by atoms with Gasteiger partial charge in [0.1, 0.15) is 5.56 Å². The molecule has 0 aliphatic carbocycles. The van der Waals surface area contributed by atoms with Gasteiger partial charge < -0.3 is 9.84 Å². The maximum Gasteiger partial charge on any atom is 0.340 e. The Hall–Kier alpha value is -2.74. The second-order valence-corrected chi connectivity index (χ2v) is 4.94. The Morgan fingerprint density at radius 1 is 1.48 bits per heavy atom. The Labute approximate surface area is 136 Å². The van der Waals surface area contributed by atoms with Crippen LogP contribution in [0.15, 0.2) is 34.1 Å². The van der Waals surface area contributed by atoms with Gasteiger partial charge in [-0.1, -0.05) is 12.1 Å². The topological polar surface area (TPSA) is 96.7 Å². The van der Waals surface area contributed by atoms with Crippen molar-refractivity contribution < 1.29 is 14.6 Å². The molecule has 1 aromatic carbocycles. The molecule has 0 saturated carbocycles. The van der Waals surface area contributed by atoms with E-state index in [1.54, 1.807) is 31.2 Å². The van der Waals surface area contributed by atoms with Crippen LogP contribution in [0.2, 0.25) is 0 Å². The van der Waals surface area contributed by atoms with Crippen LogP contribution in [-0.4, -0.2) is 33.4 Å². The Morgan fingerprint density at radius 3 is 2.87 bits per heavy atom. The molecule has 0 unspecified atom stereocenters. The first-order chi connectivity index (χ1) is 11.0. The van der Waals surface area contributed by atoms with Crippen molar-refractivity contribution in [2.45, 2.75) is 6.92 Å². The van der Waals surface area contributed by atoms with Crippen molar-refractivity contribution in [1.82, 2.24) is 9.55 Å². The fourth-order valence-electron chi connectivity index (χ4n) is 1.84. The number of nitrogens with zero attached hydrogens (tertiary/aromatic N) is 2. The minimum Gasteiger partial charge on any atom is -0.494 e. The summed E-state index contributed by atoms with van der Waals surface area (Å²) in [5.41, 5.74) is -0.0247. The highest BCUT2D eigenvalue weighted by Gasteiger charge is 2.12. The van der Waals surface area contributed by atoms with E-state index in [-0.39, 0.29) is 28.4 Å². The summed E-state index contributed by atoms with van der Waals surface area (Å²) in [6, 6.07) is 6.56. The van der Waals surface area contributed by atoms with Gasteiger partial charge in [0.05, 0.1) is 17.9 Å². The van der Waals surface area contributed by atoms with Gasteiger partial charge in [0.2, 0.25) is 5.88 Å². The molecule has 0 bridgehead atoms. The van der Waals surface area contributed by atoms with Gasteiger partial charge in [-0.2, -0.15) is 0 Å². The lowest BCUT2D eigenvalue weighted by Crippen LogP contribution is -2.17. The van der Waals surface area contributed by atoms with Crippen molar-refractivity contribution in [3.8, 4) is 5.88 Å². The summed E-state index contributed by atoms with van der Waals surface area (Å²) in [7, 11) is 1.51. The predicted molar refractivity (Wildman–Crippen MR) is 88.2 cm³/mol. The maximum absolute atomic E-state index is 11.9. The average Bonchev–Trinajstić information content (AvgIpc) is 2.53. The maximum atomic E-state index is 11.9. The lowest BCUT2D eigenvalue weighted by molar-refractivity contribution is 0.0527. The molecule has 23 heavy (non-hydrogen) atoms. The summed E-state index contributed by atoms with van der Waals surface area (Å²) in [5, 5.41) is 9.99. The first-order valence-corrected chi connectivity index (χ1v) is 7.19. The van der Waals surface area contributed by atoms with E-state index in [0.717, 1.165) is 0 Å². The van der Waals surface area contributed by atoms with Crippen LogP contribution in [0.1, 0.15) is 22.8 Å². The number of ether oxygens (including phenoxy) is 1. The minimum atomic E-state index is -0.567. The van der Waals surface area contributed by atoms with Crippen LogP contribution in [0.3, 0.4) is 0 Å². The largest absolute Gasteiger partial charge is 0.494 e. The van der Waals surface area contributed by atoms with E-state index >= 15 is 0 Å². The van der Waals surface area contributed by atoms with Gasteiger partial charge in [0.25, 0.3) is 5.56 Å². The quantitative estimate of drug-likeness (QED) is 0.507. The number of aromatic amines is 1. The summed E-state index contributed by atoms with van der Waals surface area (Å²) < 4.78 is 6.29. The average molecular weight is 333 g/mol. The number of hydrogen-bond acceptors (Lipinski definition) is 6. The van der Waals surface area contributed by atoms with Crippen LogP contribution in [0.25, 0.3) is 0 Å². The first-order valence-electron chi connectivity index (χ1n) is 6.78. The van der Waals surface area contributed by atoms with Gasteiger partial charge in [0.15, 0.2) is 4.77 Å². The van der Waals surface area contributed by atoms with Gasteiger partial charge in [-0.3, -0.25) is 19.3 Å². The first kappa shape index (κ1) is 16.6. The molecule has 0 amide bonds. The van der Waals surface area contributed by atoms with Crippen molar-refractivity contribution >= 4 is 30.1 Å². The number of rotatable bonds is 4. The fourth-order valence-corrected chi connectivity index (χ4v) is 2.02. The molecule has 0 aliphatic rings. The lowest BCUT2D eigenvalue weighted by atomic mass is 10.2. The van der Waals surface area contributed by atoms with E-state index in [1.165, 1.54) is 17.8 Å². The van der Waals surface area contributed by atoms with Gasteiger partial charge in [-0.05, 0) is 31.3 Å². The van der Waals surface area contributed by atoms with Crippen LogP contribution >= 0.6 is 12.2 Å². The summed E-state index contributed by atoms with van der Waals surface area (Å²) in [6.07, 6.45) is 1.18. The predicted octanol–water partition coefficient (Wildman–Crippen LogP) is 2.08. The van der Waals surface area contributed by atoms with Gasteiger partial charge in [-0.25, -0.2) is 4.79 Å². The van der Waals surface area contributed by atoms with Crippen LogP contribution in [0.5, 0.6) is 5.88 Å². The summed E-state index contributed by atoms with van der Waals surface area (Å²) in [6.45, 7) is 1.95. The number of hydrogen-bond donors (Lipinski definition) is 2. The number of para-hydroxylation sites is 1. The Bertz CT molecular complexity index is 883. The van der Waals surface area contributed by atoms with Crippen molar-refractivity contribution in [2.24, 2.45) is 12.0 Å². The van der Waals surface area contributed by atoms with Crippen LogP contribution in [0.4, 0.5) is 5.69 Å². The molecule has 2 aromatic rings. The Kier molecular flexibility index (Phi) is 5.07. The number of H-pyrrole nitrogens is 1. The zero-order chi connectivity index (χ0) is 17.0. The molecule has 8 heteroatoms. The third-order valence-electron chi connectivity index (χ3n) is 3.06. The third-order valence-corrected chi connectivity index (χ3v) is 3.44. The lowest BCUT2D eigenvalue weighted by Gasteiger charge is -2.06. The SMILES string of the molecule is CCOC(=O)c1ccccc1N=Cc1c(O)n(C)c(=S)[nH]c1=O. The molecule has 1 aromatic heterocycles. The summed E-state index contributed by atoms with van der Waals surface area (Å²) >= 11 is 4.89. The van der Waals surface area contributed by atoms with E-state index in [2.05, 4.69) is 9.98 Å². The molecule has 0 fully saturated rings. The van der Waals surface area contributed by atoms with E-state index in [9.17, 15) is 14.7 Å². The number of carbonyl (C=O) groups excluding carboxylic acids is 1. The highest BCUT2D eigenvalue weighted by molar-refractivity contribution is 7.71. The Morgan fingerprint density at radius 2 is 2.17 bits per heavy atom. The molecule has 2 rings (SSSR count). The Balaban J connectivity index is 2.47. The molecule has 1 heterocycles. The molecule has 120 valence electrons. The van der Waals surface area contributed by atoms with Crippen LogP contribution < -0.4 is 5.56 Å². The van der Waals surface area contributed by atoms with Crippen molar-refractivity contribution in [2.75, 3.05) is 6.61 Å². The van der Waals surface area contributed by atoms with Crippen molar-refractivity contribution in [1.29, 1.82) is 0 Å². The summed E-state index contributed by atoms with van der Waals surface area (Å²) in [5.74, 6) is -0.819. The molecule has 2 N–H and O–H groups in total. The molecule has 0 aliphatic heterocycles. The number of esters is 1. The molecule has 0 radical (unpaired) electrons.